The van der Waals surface area contributed by atoms with Crippen LogP contribution in [0.3, 0.4) is 0 Å². The number of quaternary nitrogens is 1. The number of nitrogens with zero attached hydrogens (tertiary/aromatic N) is 3. The monoisotopic (exact) mass is 262 g/mol. The molecule has 0 aliphatic carbocycles. The van der Waals surface area contributed by atoms with Gasteiger partial charge in [-0.25, -0.2) is 9.47 Å². The molecule has 3 nitrogen and oxygen atoms in total. The summed E-state index contributed by atoms with van der Waals surface area (Å²) in [7, 11) is 0. The van der Waals surface area contributed by atoms with Crippen molar-refractivity contribution in [2.45, 2.75) is 31.0 Å². The average Bonchev–Trinajstić information content (AvgIpc) is 2.80. The SMILES string of the molecule is C[C@@H]1[C@@]23CC4CN2c2cccnc2[N+]13c1ccccc14. The van der Waals surface area contributed by atoms with Crippen LogP contribution in [-0.4, -0.2) is 23.2 Å². The van der Waals surface area contributed by atoms with Crippen LogP contribution in [0.4, 0.5) is 17.2 Å². The van der Waals surface area contributed by atoms with Gasteiger partial charge in [0.15, 0.2) is 6.04 Å². The van der Waals surface area contributed by atoms with E-state index in [0.29, 0.717) is 12.0 Å². The highest BCUT2D eigenvalue weighted by atomic mass is 15.8. The second kappa shape index (κ2) is 2.63. The second-order valence-corrected chi connectivity index (χ2v) is 6.69. The van der Waals surface area contributed by atoms with Crippen LogP contribution in [0.5, 0.6) is 0 Å². The summed E-state index contributed by atoms with van der Waals surface area (Å²) in [6.45, 7) is 3.58. The minimum Gasteiger partial charge on any atom is -0.307 e. The van der Waals surface area contributed by atoms with Gasteiger partial charge in [0.2, 0.25) is 5.66 Å². The average molecular weight is 262 g/mol. The second-order valence-electron chi connectivity index (χ2n) is 6.69. The van der Waals surface area contributed by atoms with Crippen molar-refractivity contribution in [1.82, 2.24) is 9.47 Å². The van der Waals surface area contributed by atoms with Gasteiger partial charge in [0, 0.05) is 30.6 Å². The first-order chi connectivity index (χ1) is 9.82. The summed E-state index contributed by atoms with van der Waals surface area (Å²) < 4.78 is 0.996. The van der Waals surface area contributed by atoms with Crippen molar-refractivity contribution in [3.63, 3.8) is 0 Å². The minimum atomic E-state index is 0.287. The van der Waals surface area contributed by atoms with Crippen molar-refractivity contribution in [3.05, 3.63) is 48.2 Å². The number of pyridine rings is 1. The number of rotatable bonds is 0. The first-order valence-electron chi connectivity index (χ1n) is 7.53. The maximum absolute atomic E-state index is 4.81. The van der Waals surface area contributed by atoms with Gasteiger partial charge < -0.3 is 4.90 Å². The van der Waals surface area contributed by atoms with Crippen molar-refractivity contribution in [3.8, 4) is 0 Å². The van der Waals surface area contributed by atoms with E-state index in [-0.39, 0.29) is 5.66 Å². The number of hydrogen-bond acceptors (Lipinski definition) is 2. The fraction of sp³-hybridized carbons (Fsp3) is 0.353. The number of benzene rings is 1. The highest BCUT2D eigenvalue weighted by Gasteiger charge is 2.91. The van der Waals surface area contributed by atoms with Crippen molar-refractivity contribution in [2.75, 3.05) is 11.4 Å². The van der Waals surface area contributed by atoms with E-state index in [1.807, 2.05) is 6.20 Å². The zero-order valence-corrected chi connectivity index (χ0v) is 11.5. The van der Waals surface area contributed by atoms with Crippen molar-refractivity contribution in [2.24, 2.45) is 0 Å². The zero-order chi connectivity index (χ0) is 13.1. The van der Waals surface area contributed by atoms with Gasteiger partial charge in [-0.15, -0.1) is 0 Å². The third-order valence-electron chi connectivity index (χ3n) is 6.36. The molecule has 1 aromatic heterocycles. The summed E-state index contributed by atoms with van der Waals surface area (Å²) >= 11 is 0. The molecule has 2 saturated heterocycles. The zero-order valence-electron chi connectivity index (χ0n) is 11.5. The Morgan fingerprint density at radius 2 is 2.15 bits per heavy atom. The van der Waals surface area contributed by atoms with Crippen LogP contribution < -0.4 is 9.38 Å². The number of aromatic nitrogens is 1. The molecule has 0 radical (unpaired) electrons. The van der Waals surface area contributed by atoms with Gasteiger partial charge in [0.1, 0.15) is 11.4 Å². The normalized spacial score (nSPS) is 41.1. The summed E-state index contributed by atoms with van der Waals surface area (Å²) in [5, 5.41) is 0. The van der Waals surface area contributed by atoms with E-state index in [1.54, 1.807) is 5.56 Å². The predicted molar refractivity (Wildman–Crippen MR) is 79.0 cm³/mol. The highest BCUT2D eigenvalue weighted by molar-refractivity contribution is 5.90. The van der Waals surface area contributed by atoms with Gasteiger partial charge in [-0.2, -0.15) is 0 Å². The first kappa shape index (κ1) is 9.94. The maximum atomic E-state index is 4.81. The van der Waals surface area contributed by atoms with Crippen LogP contribution in [-0.2, 0) is 0 Å². The lowest BCUT2D eigenvalue weighted by Crippen LogP contribution is -2.37. The Kier molecular flexibility index (Phi) is 1.31. The fourth-order valence-electron chi connectivity index (χ4n) is 5.72. The molecule has 4 aliphatic heterocycles. The van der Waals surface area contributed by atoms with Gasteiger partial charge in [-0.3, -0.25) is 0 Å². The van der Waals surface area contributed by atoms with Crippen LogP contribution in [0.15, 0.2) is 42.6 Å². The lowest BCUT2D eigenvalue weighted by Gasteiger charge is -2.26. The molecule has 3 heteroatoms. The Hall–Kier alpha value is -1.87. The molecule has 20 heavy (non-hydrogen) atoms. The van der Waals surface area contributed by atoms with E-state index in [1.165, 1.54) is 30.2 Å². The van der Waals surface area contributed by atoms with Crippen LogP contribution >= 0.6 is 0 Å². The molecule has 1 spiro atoms. The Bertz CT molecular complexity index is 785. The Morgan fingerprint density at radius 3 is 3.10 bits per heavy atom. The van der Waals surface area contributed by atoms with E-state index in [4.69, 9.17) is 4.98 Å². The third kappa shape index (κ3) is 0.672. The van der Waals surface area contributed by atoms with Crippen molar-refractivity contribution < 1.29 is 0 Å². The summed E-state index contributed by atoms with van der Waals surface area (Å²) in [4.78, 5) is 7.48. The quantitative estimate of drug-likeness (QED) is 0.535. The van der Waals surface area contributed by atoms with Gasteiger partial charge in [0.05, 0.1) is 0 Å². The predicted octanol–water partition coefficient (Wildman–Crippen LogP) is 3.14. The van der Waals surface area contributed by atoms with E-state index >= 15 is 0 Å². The molecule has 6 rings (SSSR count). The van der Waals surface area contributed by atoms with E-state index in [0.717, 1.165) is 4.48 Å². The van der Waals surface area contributed by atoms with E-state index < -0.39 is 0 Å². The molecule has 2 bridgehead atoms. The van der Waals surface area contributed by atoms with Gasteiger partial charge in [0.25, 0.3) is 5.82 Å². The lowest BCUT2D eigenvalue weighted by molar-refractivity contribution is 0.493. The van der Waals surface area contributed by atoms with Crippen LogP contribution in [0.1, 0.15) is 24.8 Å². The largest absolute Gasteiger partial charge is 0.307 e. The molecule has 2 aromatic rings. The molecule has 2 unspecified atom stereocenters. The van der Waals surface area contributed by atoms with Crippen LogP contribution in [0.25, 0.3) is 0 Å². The molecule has 1 aromatic carbocycles. The number of anilines is 1. The summed E-state index contributed by atoms with van der Waals surface area (Å²) in [5.41, 5.74) is 4.74. The standard InChI is InChI=1S/C17H16N3/c1-11-17-9-12-10-19(17)14-6-4-8-18-16(14)20(11,17)15-7-3-2-5-13(12)15/h2-8,11-12H,9-10H2,1H3/q+1/t11-,12?,17+,20?/m1/s1. The fourth-order valence-corrected chi connectivity index (χ4v) is 5.72. The lowest BCUT2D eigenvalue weighted by atomic mass is 9.91. The molecule has 5 heterocycles. The molecular formula is C17H16N3+. The van der Waals surface area contributed by atoms with Crippen LogP contribution in [0.2, 0.25) is 0 Å². The number of para-hydroxylation sites is 1. The highest BCUT2D eigenvalue weighted by Crippen LogP contribution is 2.77. The topological polar surface area (TPSA) is 16.1 Å². The molecule has 0 N–H and O–H groups in total. The van der Waals surface area contributed by atoms with Crippen molar-refractivity contribution >= 4 is 17.2 Å². The van der Waals surface area contributed by atoms with Gasteiger partial charge in [-0.1, -0.05) is 18.2 Å². The number of fused-ring (bicyclic) bond motifs is 5. The summed E-state index contributed by atoms with van der Waals surface area (Å²) in [5.74, 6) is 1.99. The first-order valence-corrected chi connectivity index (χ1v) is 7.53. The molecule has 4 atom stereocenters. The molecule has 0 saturated carbocycles. The van der Waals surface area contributed by atoms with E-state index in [2.05, 4.69) is 48.2 Å². The summed E-state index contributed by atoms with van der Waals surface area (Å²) in [6.07, 6.45) is 3.25. The summed E-state index contributed by atoms with van der Waals surface area (Å²) in [6, 6.07) is 14.1. The van der Waals surface area contributed by atoms with Crippen molar-refractivity contribution in [1.29, 1.82) is 0 Å². The third-order valence-corrected chi connectivity index (χ3v) is 6.36. The minimum absolute atomic E-state index is 0.287. The molecular weight excluding hydrogens is 246 g/mol. The Morgan fingerprint density at radius 1 is 1.25 bits per heavy atom. The molecule has 98 valence electrons. The maximum Gasteiger partial charge on any atom is 0.259 e. The Balaban J connectivity index is 1.81. The number of hydrogen-bond donors (Lipinski definition) is 0. The molecule has 0 amide bonds. The van der Waals surface area contributed by atoms with Crippen LogP contribution in [0, 0.1) is 0 Å². The molecule has 4 aliphatic rings. The molecule has 2 fully saturated rings. The van der Waals surface area contributed by atoms with Gasteiger partial charge in [-0.05, 0) is 25.1 Å². The smallest absolute Gasteiger partial charge is 0.259 e. The van der Waals surface area contributed by atoms with Gasteiger partial charge >= 0.3 is 0 Å². The van der Waals surface area contributed by atoms with E-state index in [9.17, 15) is 0 Å². The Labute approximate surface area is 118 Å².